The van der Waals surface area contributed by atoms with Crippen molar-refractivity contribution in [3.05, 3.63) is 89.2 Å². The van der Waals surface area contributed by atoms with E-state index in [4.69, 9.17) is 0 Å². The molecule has 0 spiro atoms. The molecule has 0 fully saturated rings. The van der Waals surface area contributed by atoms with Crippen LogP contribution in [0.3, 0.4) is 0 Å². The minimum Gasteiger partial charge on any atom is -0.325 e. The molecule has 0 aliphatic heterocycles. The van der Waals surface area contributed by atoms with Crippen molar-refractivity contribution in [2.24, 2.45) is 0 Å². The van der Waals surface area contributed by atoms with Crippen molar-refractivity contribution in [3.63, 3.8) is 0 Å². The first-order valence-electron chi connectivity index (χ1n) is 9.15. The van der Waals surface area contributed by atoms with E-state index in [0.29, 0.717) is 10.9 Å². The number of aromatic nitrogens is 3. The van der Waals surface area contributed by atoms with Crippen LogP contribution in [0.2, 0.25) is 0 Å². The number of nitrogens with one attached hydrogen (secondary N) is 1. The highest BCUT2D eigenvalue weighted by Gasteiger charge is 2.10. The van der Waals surface area contributed by atoms with Crippen LogP contribution in [0.4, 0.5) is 5.69 Å². The molecule has 144 valence electrons. The summed E-state index contributed by atoms with van der Waals surface area (Å²) in [5.74, 6) is -0.187. The number of aryl methyl sites for hydroxylation is 1. The number of benzene rings is 3. The molecule has 0 aliphatic carbocycles. The molecule has 0 saturated carbocycles. The first-order chi connectivity index (χ1) is 14.2. The van der Waals surface area contributed by atoms with Gasteiger partial charge in [-0.1, -0.05) is 59.4 Å². The van der Waals surface area contributed by atoms with Gasteiger partial charge in [0.2, 0.25) is 5.91 Å². The molecular formula is C22H18N4O2S. The van der Waals surface area contributed by atoms with Crippen LogP contribution in [-0.4, -0.2) is 20.9 Å². The molecule has 0 bridgehead atoms. The fourth-order valence-corrected chi connectivity index (χ4v) is 3.79. The Hall–Kier alpha value is -3.45. The number of fused-ring (bicyclic) bond motifs is 1. The Kier molecular flexibility index (Phi) is 5.67. The van der Waals surface area contributed by atoms with Gasteiger partial charge in [-0.2, -0.15) is 0 Å². The van der Waals surface area contributed by atoms with E-state index in [1.807, 2.05) is 54.6 Å². The zero-order valence-corrected chi connectivity index (χ0v) is 16.3. The molecule has 4 rings (SSSR count). The summed E-state index contributed by atoms with van der Waals surface area (Å²) in [7, 11) is 0. The van der Waals surface area contributed by atoms with Crippen LogP contribution in [0.1, 0.15) is 6.42 Å². The van der Waals surface area contributed by atoms with Gasteiger partial charge in [-0.05, 0) is 36.4 Å². The maximum Gasteiger partial charge on any atom is 0.277 e. The van der Waals surface area contributed by atoms with Gasteiger partial charge in [0.15, 0.2) is 0 Å². The van der Waals surface area contributed by atoms with Gasteiger partial charge in [0.05, 0.1) is 17.6 Å². The Morgan fingerprint density at radius 3 is 2.52 bits per heavy atom. The summed E-state index contributed by atoms with van der Waals surface area (Å²) >= 11 is 1.58. The molecule has 7 heteroatoms. The summed E-state index contributed by atoms with van der Waals surface area (Å²) < 4.78 is 1.23. The molecule has 0 radical (unpaired) electrons. The second-order valence-electron chi connectivity index (χ2n) is 6.34. The molecule has 1 amide bonds. The van der Waals surface area contributed by atoms with Crippen LogP contribution in [0.15, 0.2) is 93.4 Å². The quantitative estimate of drug-likeness (QED) is 0.528. The zero-order chi connectivity index (χ0) is 20.1. The molecule has 0 aliphatic rings. The highest BCUT2D eigenvalue weighted by Crippen LogP contribution is 2.33. The number of nitrogens with zero attached hydrogens (tertiary/aromatic N) is 3. The molecule has 4 aromatic rings. The van der Waals surface area contributed by atoms with Crippen LogP contribution < -0.4 is 10.9 Å². The molecule has 3 aromatic carbocycles. The Balaban J connectivity index is 1.44. The fourth-order valence-electron chi connectivity index (χ4n) is 2.86. The number of hydrogen-bond donors (Lipinski definition) is 1. The smallest absolute Gasteiger partial charge is 0.277 e. The van der Waals surface area contributed by atoms with E-state index in [9.17, 15) is 9.59 Å². The van der Waals surface area contributed by atoms with Crippen LogP contribution in [-0.2, 0) is 11.3 Å². The first-order valence-corrected chi connectivity index (χ1v) is 9.97. The van der Waals surface area contributed by atoms with Gasteiger partial charge in [0.25, 0.3) is 5.56 Å². The highest BCUT2D eigenvalue weighted by atomic mass is 32.2. The topological polar surface area (TPSA) is 76.9 Å². The van der Waals surface area contributed by atoms with E-state index in [2.05, 4.69) is 15.6 Å². The summed E-state index contributed by atoms with van der Waals surface area (Å²) in [5, 5.41) is 11.4. The maximum absolute atomic E-state index is 12.5. The molecule has 1 heterocycles. The average molecular weight is 402 g/mol. The van der Waals surface area contributed by atoms with Crippen LogP contribution in [0.25, 0.3) is 10.9 Å². The summed E-state index contributed by atoms with van der Waals surface area (Å²) in [5.41, 5.74) is 1.04. The van der Waals surface area contributed by atoms with Crippen molar-refractivity contribution in [2.75, 3.05) is 5.32 Å². The number of carbonyl (C=O) groups excluding carboxylic acids is 1. The van der Waals surface area contributed by atoms with Gasteiger partial charge in [0.1, 0.15) is 5.52 Å². The second-order valence-corrected chi connectivity index (χ2v) is 7.46. The summed E-state index contributed by atoms with van der Waals surface area (Å²) in [6, 6.07) is 24.6. The first kappa shape index (κ1) is 18.9. The zero-order valence-electron chi connectivity index (χ0n) is 15.5. The van der Waals surface area contributed by atoms with Gasteiger partial charge in [-0.15, -0.1) is 5.10 Å². The lowest BCUT2D eigenvalue weighted by Crippen LogP contribution is -2.26. The van der Waals surface area contributed by atoms with E-state index < -0.39 is 0 Å². The standard InChI is InChI=1S/C22H18N4O2S/c27-21(14-15-26-22(28)17-10-4-5-11-18(17)24-25-26)23-19-12-6-7-13-20(19)29-16-8-2-1-3-9-16/h1-13H,14-15H2,(H,23,27). The van der Waals surface area contributed by atoms with E-state index in [1.54, 1.807) is 36.0 Å². The predicted octanol–water partition coefficient (Wildman–Crippen LogP) is 3.97. The van der Waals surface area contributed by atoms with E-state index in [-0.39, 0.29) is 24.4 Å². The van der Waals surface area contributed by atoms with Gasteiger partial charge < -0.3 is 5.32 Å². The molecule has 29 heavy (non-hydrogen) atoms. The number of carbonyl (C=O) groups is 1. The molecule has 0 atom stereocenters. The average Bonchev–Trinajstić information content (AvgIpc) is 2.76. The van der Waals surface area contributed by atoms with Gasteiger partial charge in [-0.25, -0.2) is 4.68 Å². The third-order valence-corrected chi connectivity index (χ3v) is 5.40. The predicted molar refractivity (Wildman–Crippen MR) is 114 cm³/mol. The maximum atomic E-state index is 12.5. The number of anilines is 1. The molecule has 1 N–H and O–H groups in total. The Morgan fingerprint density at radius 2 is 1.66 bits per heavy atom. The molecule has 6 nitrogen and oxygen atoms in total. The number of amides is 1. The Labute approximate surface area is 171 Å². The van der Waals surface area contributed by atoms with Crippen molar-refractivity contribution >= 4 is 34.3 Å². The fraction of sp³-hybridized carbons (Fsp3) is 0.0909. The molecule has 1 aromatic heterocycles. The summed E-state index contributed by atoms with van der Waals surface area (Å²) in [6.07, 6.45) is 0.122. The van der Waals surface area contributed by atoms with Crippen molar-refractivity contribution in [2.45, 2.75) is 22.8 Å². The Morgan fingerprint density at radius 1 is 0.931 bits per heavy atom. The SMILES string of the molecule is O=C(CCn1nnc2ccccc2c1=O)Nc1ccccc1Sc1ccccc1. The lowest BCUT2D eigenvalue weighted by molar-refractivity contribution is -0.116. The minimum atomic E-state index is -0.247. The van der Waals surface area contributed by atoms with Crippen molar-refractivity contribution in [1.82, 2.24) is 15.0 Å². The highest BCUT2D eigenvalue weighted by molar-refractivity contribution is 7.99. The molecule has 0 saturated heterocycles. The lowest BCUT2D eigenvalue weighted by atomic mass is 10.2. The van der Waals surface area contributed by atoms with Crippen molar-refractivity contribution in [1.29, 1.82) is 0 Å². The van der Waals surface area contributed by atoms with Gasteiger partial charge >= 0.3 is 0 Å². The monoisotopic (exact) mass is 402 g/mol. The van der Waals surface area contributed by atoms with Gasteiger partial charge in [-0.3, -0.25) is 9.59 Å². The van der Waals surface area contributed by atoms with Crippen molar-refractivity contribution in [3.8, 4) is 0 Å². The third-order valence-electron chi connectivity index (χ3n) is 4.31. The van der Waals surface area contributed by atoms with E-state index in [1.165, 1.54) is 4.68 Å². The Bertz CT molecular complexity index is 1210. The van der Waals surface area contributed by atoms with Crippen LogP contribution in [0.5, 0.6) is 0 Å². The second kappa shape index (κ2) is 8.70. The van der Waals surface area contributed by atoms with E-state index >= 15 is 0 Å². The number of hydrogen-bond acceptors (Lipinski definition) is 5. The third kappa shape index (κ3) is 4.52. The number of rotatable bonds is 6. The summed E-state index contributed by atoms with van der Waals surface area (Å²) in [6.45, 7) is 0.163. The van der Waals surface area contributed by atoms with E-state index in [0.717, 1.165) is 15.5 Å². The summed E-state index contributed by atoms with van der Waals surface area (Å²) in [4.78, 5) is 27.0. The molecular weight excluding hydrogens is 384 g/mol. The molecule has 0 unspecified atom stereocenters. The lowest BCUT2D eigenvalue weighted by Gasteiger charge is -2.11. The number of para-hydroxylation sites is 1. The minimum absolute atomic E-state index is 0.122. The van der Waals surface area contributed by atoms with Gasteiger partial charge in [0, 0.05) is 16.2 Å². The van der Waals surface area contributed by atoms with Crippen LogP contribution in [0, 0.1) is 0 Å². The normalized spacial score (nSPS) is 10.8. The van der Waals surface area contributed by atoms with Crippen molar-refractivity contribution < 1.29 is 4.79 Å². The van der Waals surface area contributed by atoms with Crippen LogP contribution >= 0.6 is 11.8 Å². The largest absolute Gasteiger partial charge is 0.325 e.